The number of hydrogen-bond acceptors (Lipinski definition) is 12. The molecule has 0 saturated carbocycles. The zero-order valence-electron chi connectivity index (χ0n) is 26.4. The number of hydrogen-bond donors (Lipinski definition) is 0. The second-order valence-electron chi connectivity index (χ2n) is 9.40. The van der Waals surface area contributed by atoms with Crippen molar-refractivity contribution in [2.24, 2.45) is 0 Å². The van der Waals surface area contributed by atoms with E-state index in [1.54, 1.807) is 36.4 Å². The van der Waals surface area contributed by atoms with Crippen molar-refractivity contribution in [2.45, 2.75) is 32.0 Å². The van der Waals surface area contributed by atoms with E-state index in [1.165, 1.54) is 60.9 Å². The molecule has 0 saturated heterocycles. The lowest BCUT2D eigenvalue weighted by Crippen LogP contribution is -2.39. The largest absolute Gasteiger partial charge is 0.493 e. The summed E-state index contributed by atoms with van der Waals surface area (Å²) < 4.78 is 49.5. The number of para-hydroxylation sites is 3. The first-order chi connectivity index (χ1) is 21.8. The van der Waals surface area contributed by atoms with E-state index in [2.05, 4.69) is 0 Å². The van der Waals surface area contributed by atoms with Crippen molar-refractivity contribution in [3.05, 3.63) is 71.3 Å². The first-order valence-corrected chi connectivity index (χ1v) is 14.0. The molecule has 45 heavy (non-hydrogen) atoms. The summed E-state index contributed by atoms with van der Waals surface area (Å²) in [5, 5.41) is 0. The smallest absolute Gasteiger partial charge is 0.342 e. The van der Waals surface area contributed by atoms with E-state index in [1.807, 2.05) is 6.92 Å². The van der Waals surface area contributed by atoms with E-state index in [-0.39, 0.29) is 40.4 Å². The molecule has 12 nitrogen and oxygen atoms in total. The molecule has 0 heterocycles. The number of methoxy groups -OCH3 is 6. The summed E-state index contributed by atoms with van der Waals surface area (Å²) in [6, 6.07) is 14.2. The normalized spacial score (nSPS) is 11.8. The average molecular weight is 627 g/mol. The lowest BCUT2D eigenvalue weighted by molar-refractivity contribution is -0.0603. The third-order valence-corrected chi connectivity index (χ3v) is 6.75. The van der Waals surface area contributed by atoms with E-state index in [0.717, 1.165) is 0 Å². The van der Waals surface area contributed by atoms with Gasteiger partial charge in [-0.1, -0.05) is 31.5 Å². The third kappa shape index (κ3) is 8.08. The molecule has 0 amide bonds. The summed E-state index contributed by atoms with van der Waals surface area (Å²) in [6.45, 7) is 1.40. The first-order valence-electron chi connectivity index (χ1n) is 14.0. The average Bonchev–Trinajstić information content (AvgIpc) is 3.07. The Balaban J connectivity index is 1.98. The molecule has 0 bridgehead atoms. The lowest BCUT2D eigenvalue weighted by atomic mass is 10.1. The van der Waals surface area contributed by atoms with Gasteiger partial charge in [-0.05, 0) is 42.8 Å². The standard InChI is InChI=1S/C33H38O12/c1-8-12-23(44-32(35)21-14-10-17-25(38-3)29(21)41-6)27(45-33(36)22-15-11-18-26(39-4)30(22)42-7)19-43-31(34)20-13-9-16-24(37-2)28(20)40-5/h9-11,13-18,23,27H,8,12,19H2,1-7H3. The van der Waals surface area contributed by atoms with Gasteiger partial charge < -0.3 is 42.6 Å². The van der Waals surface area contributed by atoms with Crippen LogP contribution in [0.3, 0.4) is 0 Å². The molecule has 0 radical (unpaired) electrons. The van der Waals surface area contributed by atoms with E-state index in [9.17, 15) is 14.4 Å². The molecule has 0 aromatic heterocycles. The third-order valence-electron chi connectivity index (χ3n) is 6.75. The Bertz CT molecular complexity index is 1470. The van der Waals surface area contributed by atoms with Crippen LogP contribution in [0.1, 0.15) is 50.8 Å². The quantitative estimate of drug-likeness (QED) is 0.154. The molecule has 2 unspecified atom stereocenters. The highest BCUT2D eigenvalue weighted by Crippen LogP contribution is 2.34. The summed E-state index contributed by atoms with van der Waals surface area (Å²) >= 11 is 0. The number of esters is 3. The van der Waals surface area contributed by atoms with Crippen LogP contribution in [0.4, 0.5) is 0 Å². The molecular weight excluding hydrogens is 588 g/mol. The van der Waals surface area contributed by atoms with Crippen molar-refractivity contribution < 1.29 is 57.0 Å². The fraction of sp³-hybridized carbons (Fsp3) is 0.364. The van der Waals surface area contributed by atoms with Gasteiger partial charge in [0.15, 0.2) is 40.6 Å². The molecule has 12 heteroatoms. The number of ether oxygens (including phenoxy) is 9. The molecule has 0 fully saturated rings. The molecule has 0 aliphatic heterocycles. The van der Waals surface area contributed by atoms with Crippen molar-refractivity contribution in [2.75, 3.05) is 49.3 Å². The van der Waals surface area contributed by atoms with Crippen LogP contribution in [0.5, 0.6) is 34.5 Å². The highest BCUT2D eigenvalue weighted by Gasteiger charge is 2.33. The fourth-order valence-corrected chi connectivity index (χ4v) is 4.60. The predicted octanol–water partition coefficient (Wildman–Crippen LogP) is 5.15. The molecule has 3 rings (SSSR count). The predicted molar refractivity (Wildman–Crippen MR) is 162 cm³/mol. The minimum Gasteiger partial charge on any atom is -0.493 e. The number of benzene rings is 3. The Kier molecular flexibility index (Phi) is 12.7. The summed E-state index contributed by atoms with van der Waals surface area (Å²) in [4.78, 5) is 40.2. The zero-order chi connectivity index (χ0) is 32.9. The summed E-state index contributed by atoms with van der Waals surface area (Å²) in [5.41, 5.74) is 0.232. The monoisotopic (exact) mass is 626 g/mol. The molecule has 2 atom stereocenters. The second kappa shape index (κ2) is 16.6. The maximum absolute atomic E-state index is 13.5. The van der Waals surface area contributed by atoms with Gasteiger partial charge in [-0.2, -0.15) is 0 Å². The Hall–Kier alpha value is -5.13. The van der Waals surface area contributed by atoms with Crippen molar-refractivity contribution in [1.29, 1.82) is 0 Å². The number of carbonyl (C=O) groups is 3. The van der Waals surface area contributed by atoms with E-state index < -0.39 is 36.7 Å². The van der Waals surface area contributed by atoms with Gasteiger partial charge in [0.1, 0.15) is 29.4 Å². The maximum Gasteiger partial charge on any atom is 0.342 e. The molecule has 0 aliphatic rings. The van der Waals surface area contributed by atoms with Gasteiger partial charge in [-0.3, -0.25) is 0 Å². The summed E-state index contributed by atoms with van der Waals surface area (Å²) in [6.07, 6.45) is -1.50. The Labute approximate surface area is 262 Å². The van der Waals surface area contributed by atoms with Gasteiger partial charge in [-0.15, -0.1) is 0 Å². The van der Waals surface area contributed by atoms with E-state index >= 15 is 0 Å². The van der Waals surface area contributed by atoms with Gasteiger partial charge >= 0.3 is 17.9 Å². The maximum atomic E-state index is 13.5. The minimum atomic E-state index is -1.24. The van der Waals surface area contributed by atoms with Crippen LogP contribution in [-0.2, 0) is 14.2 Å². The van der Waals surface area contributed by atoms with Gasteiger partial charge in [0.05, 0.1) is 42.7 Å². The lowest BCUT2D eigenvalue weighted by Gasteiger charge is -2.27. The molecular formula is C33H38O12. The van der Waals surface area contributed by atoms with Crippen molar-refractivity contribution >= 4 is 17.9 Å². The zero-order valence-corrected chi connectivity index (χ0v) is 26.4. The molecule has 242 valence electrons. The Morgan fingerprint density at radius 3 is 1.27 bits per heavy atom. The molecule has 0 spiro atoms. The second-order valence-corrected chi connectivity index (χ2v) is 9.40. The number of carbonyl (C=O) groups excluding carboxylic acids is 3. The van der Waals surface area contributed by atoms with Gasteiger partial charge in [0.2, 0.25) is 0 Å². The van der Waals surface area contributed by atoms with Crippen LogP contribution in [0.25, 0.3) is 0 Å². The van der Waals surface area contributed by atoms with Gasteiger partial charge in [-0.25, -0.2) is 14.4 Å². The van der Waals surface area contributed by atoms with Crippen molar-refractivity contribution in [1.82, 2.24) is 0 Å². The molecule has 3 aromatic carbocycles. The number of rotatable bonds is 16. The van der Waals surface area contributed by atoms with Crippen LogP contribution >= 0.6 is 0 Å². The van der Waals surface area contributed by atoms with E-state index in [4.69, 9.17) is 42.6 Å². The Morgan fingerprint density at radius 2 is 0.911 bits per heavy atom. The van der Waals surface area contributed by atoms with E-state index in [0.29, 0.717) is 23.7 Å². The molecule has 0 N–H and O–H groups in total. The minimum absolute atomic E-state index is 0.0543. The topological polar surface area (TPSA) is 134 Å². The highest BCUT2D eigenvalue weighted by molar-refractivity contribution is 5.95. The Morgan fingerprint density at radius 1 is 0.533 bits per heavy atom. The molecule has 3 aromatic rings. The SMILES string of the molecule is CCCC(OC(=O)c1cccc(OC)c1OC)C(COC(=O)c1cccc(OC)c1OC)OC(=O)c1cccc(OC)c1OC. The first kappa shape index (κ1) is 34.4. The summed E-state index contributed by atoms with van der Waals surface area (Å²) in [5.74, 6) is -0.909. The van der Waals surface area contributed by atoms with Crippen LogP contribution in [0.15, 0.2) is 54.6 Å². The van der Waals surface area contributed by atoms with Crippen molar-refractivity contribution in [3.63, 3.8) is 0 Å². The molecule has 0 aliphatic carbocycles. The van der Waals surface area contributed by atoms with Gasteiger partial charge in [0, 0.05) is 0 Å². The van der Waals surface area contributed by atoms with Crippen LogP contribution < -0.4 is 28.4 Å². The van der Waals surface area contributed by atoms with Gasteiger partial charge in [0.25, 0.3) is 0 Å². The summed E-state index contributed by atoms with van der Waals surface area (Å²) in [7, 11) is 8.50. The van der Waals surface area contributed by atoms with Crippen LogP contribution in [0, 0.1) is 0 Å². The fourth-order valence-electron chi connectivity index (χ4n) is 4.60. The van der Waals surface area contributed by atoms with Crippen LogP contribution in [-0.4, -0.2) is 79.4 Å². The highest BCUT2D eigenvalue weighted by atomic mass is 16.6. The van der Waals surface area contributed by atoms with Crippen molar-refractivity contribution in [3.8, 4) is 34.5 Å². The van der Waals surface area contributed by atoms with Crippen LogP contribution in [0.2, 0.25) is 0 Å².